The van der Waals surface area contributed by atoms with E-state index in [4.69, 9.17) is 4.74 Å². The van der Waals surface area contributed by atoms with Crippen LogP contribution in [0.4, 0.5) is 5.69 Å². The minimum atomic E-state index is -0.170. The molecule has 2 rings (SSSR count). The van der Waals surface area contributed by atoms with Gasteiger partial charge in [0.05, 0.1) is 18.4 Å². The number of halogens is 1. The van der Waals surface area contributed by atoms with Gasteiger partial charge in [-0.2, -0.15) is 0 Å². The quantitative estimate of drug-likeness (QED) is 0.834. The molecule has 0 aliphatic heterocycles. The summed E-state index contributed by atoms with van der Waals surface area (Å²) in [6, 6.07) is 13.2. The molecule has 0 bridgehead atoms. The van der Waals surface area contributed by atoms with Gasteiger partial charge in [-0.25, -0.2) is 0 Å². The molecule has 22 heavy (non-hydrogen) atoms. The standard InChI is InChI=1S/C18H20BrNO2/c1-18(2,3)12-9-10-16(22-4)15(11-12)20-17(21)13-7-5-6-8-14(13)19/h5-11H,1-4H3,(H,20,21). The predicted octanol–water partition coefficient (Wildman–Crippen LogP) is 5.01. The summed E-state index contributed by atoms with van der Waals surface area (Å²) in [6.07, 6.45) is 0. The topological polar surface area (TPSA) is 38.3 Å². The summed E-state index contributed by atoms with van der Waals surface area (Å²) >= 11 is 3.40. The van der Waals surface area contributed by atoms with E-state index in [-0.39, 0.29) is 11.3 Å². The average Bonchev–Trinajstić information content (AvgIpc) is 2.46. The fourth-order valence-corrected chi connectivity index (χ4v) is 2.57. The molecule has 4 heteroatoms. The molecule has 0 aliphatic carbocycles. The summed E-state index contributed by atoms with van der Waals surface area (Å²) in [4.78, 5) is 12.5. The van der Waals surface area contributed by atoms with Crippen molar-refractivity contribution < 1.29 is 9.53 Å². The Morgan fingerprint density at radius 2 is 1.82 bits per heavy atom. The molecular weight excluding hydrogens is 342 g/mol. The first-order chi connectivity index (χ1) is 10.3. The zero-order valence-electron chi connectivity index (χ0n) is 13.2. The van der Waals surface area contributed by atoms with Gasteiger partial charge in [-0.1, -0.05) is 39.0 Å². The van der Waals surface area contributed by atoms with E-state index in [1.54, 1.807) is 13.2 Å². The Hall–Kier alpha value is -1.81. The smallest absolute Gasteiger partial charge is 0.256 e. The lowest BCUT2D eigenvalue weighted by Crippen LogP contribution is -2.16. The van der Waals surface area contributed by atoms with E-state index in [1.165, 1.54) is 0 Å². The summed E-state index contributed by atoms with van der Waals surface area (Å²) in [5.41, 5.74) is 2.40. The monoisotopic (exact) mass is 361 g/mol. The lowest BCUT2D eigenvalue weighted by atomic mass is 9.87. The molecule has 116 valence electrons. The summed E-state index contributed by atoms with van der Waals surface area (Å²) in [5.74, 6) is 0.477. The van der Waals surface area contributed by atoms with Crippen molar-refractivity contribution in [2.75, 3.05) is 12.4 Å². The number of carbonyl (C=O) groups is 1. The molecule has 1 amide bonds. The van der Waals surface area contributed by atoms with Gasteiger partial charge < -0.3 is 10.1 Å². The Balaban J connectivity index is 2.36. The second-order valence-electron chi connectivity index (χ2n) is 6.10. The molecule has 0 saturated heterocycles. The Labute approximate surface area is 139 Å². The number of hydrogen-bond acceptors (Lipinski definition) is 2. The van der Waals surface area contributed by atoms with Gasteiger partial charge in [0.25, 0.3) is 5.91 Å². The number of amides is 1. The van der Waals surface area contributed by atoms with E-state index in [1.807, 2.05) is 36.4 Å². The van der Waals surface area contributed by atoms with Crippen LogP contribution in [-0.2, 0) is 5.41 Å². The van der Waals surface area contributed by atoms with Gasteiger partial charge in [-0.05, 0) is 51.2 Å². The van der Waals surface area contributed by atoms with Crippen molar-refractivity contribution in [2.45, 2.75) is 26.2 Å². The molecule has 2 aromatic rings. The lowest BCUT2D eigenvalue weighted by molar-refractivity contribution is 0.102. The van der Waals surface area contributed by atoms with E-state index >= 15 is 0 Å². The number of nitrogens with one attached hydrogen (secondary N) is 1. The van der Waals surface area contributed by atoms with Gasteiger partial charge in [0.2, 0.25) is 0 Å². The highest BCUT2D eigenvalue weighted by Crippen LogP contribution is 2.32. The second kappa shape index (κ2) is 6.53. The van der Waals surface area contributed by atoms with Crippen LogP contribution in [0.15, 0.2) is 46.9 Å². The van der Waals surface area contributed by atoms with Crippen molar-refractivity contribution in [3.63, 3.8) is 0 Å². The zero-order chi connectivity index (χ0) is 16.3. The maximum absolute atomic E-state index is 12.5. The highest BCUT2D eigenvalue weighted by molar-refractivity contribution is 9.10. The largest absolute Gasteiger partial charge is 0.495 e. The normalized spacial score (nSPS) is 11.1. The van der Waals surface area contributed by atoms with Crippen molar-refractivity contribution in [1.82, 2.24) is 0 Å². The number of ether oxygens (including phenoxy) is 1. The van der Waals surface area contributed by atoms with Gasteiger partial charge in [-0.15, -0.1) is 0 Å². The van der Waals surface area contributed by atoms with Gasteiger partial charge in [0.1, 0.15) is 5.75 Å². The number of rotatable bonds is 3. The molecular formula is C18H20BrNO2. The molecule has 0 heterocycles. The average molecular weight is 362 g/mol. The molecule has 0 radical (unpaired) electrons. The molecule has 0 fully saturated rings. The molecule has 0 aromatic heterocycles. The van der Waals surface area contributed by atoms with Crippen LogP contribution in [0.3, 0.4) is 0 Å². The Morgan fingerprint density at radius 3 is 2.41 bits per heavy atom. The van der Waals surface area contributed by atoms with Crippen LogP contribution >= 0.6 is 15.9 Å². The van der Waals surface area contributed by atoms with Crippen LogP contribution in [-0.4, -0.2) is 13.0 Å². The Morgan fingerprint density at radius 1 is 1.14 bits per heavy atom. The van der Waals surface area contributed by atoms with Crippen LogP contribution < -0.4 is 10.1 Å². The molecule has 0 aliphatic rings. The summed E-state index contributed by atoms with van der Waals surface area (Å²) < 4.78 is 6.12. The van der Waals surface area contributed by atoms with Crippen molar-refractivity contribution in [3.8, 4) is 5.75 Å². The first-order valence-electron chi connectivity index (χ1n) is 7.07. The highest BCUT2D eigenvalue weighted by atomic mass is 79.9. The first kappa shape index (κ1) is 16.6. The molecule has 1 N–H and O–H groups in total. The molecule has 0 spiro atoms. The maximum atomic E-state index is 12.5. The lowest BCUT2D eigenvalue weighted by Gasteiger charge is -2.21. The van der Waals surface area contributed by atoms with E-state index in [9.17, 15) is 4.79 Å². The van der Waals surface area contributed by atoms with Gasteiger partial charge >= 0.3 is 0 Å². The third-order valence-corrected chi connectivity index (χ3v) is 4.12. The Bertz CT molecular complexity index is 690. The Kier molecular flexibility index (Phi) is 4.91. The van der Waals surface area contributed by atoms with Crippen molar-refractivity contribution in [2.24, 2.45) is 0 Å². The van der Waals surface area contributed by atoms with Crippen molar-refractivity contribution >= 4 is 27.5 Å². The zero-order valence-corrected chi connectivity index (χ0v) is 14.8. The molecule has 2 aromatic carbocycles. The molecule has 3 nitrogen and oxygen atoms in total. The fourth-order valence-electron chi connectivity index (χ4n) is 2.11. The summed E-state index contributed by atoms with van der Waals surface area (Å²) in [6.45, 7) is 6.40. The first-order valence-corrected chi connectivity index (χ1v) is 7.86. The number of methoxy groups -OCH3 is 1. The number of benzene rings is 2. The van der Waals surface area contributed by atoms with E-state index < -0.39 is 0 Å². The molecule has 0 saturated carbocycles. The molecule has 0 atom stereocenters. The highest BCUT2D eigenvalue weighted by Gasteiger charge is 2.18. The summed E-state index contributed by atoms with van der Waals surface area (Å²) in [5, 5.41) is 2.94. The predicted molar refractivity (Wildman–Crippen MR) is 93.8 cm³/mol. The summed E-state index contributed by atoms with van der Waals surface area (Å²) in [7, 11) is 1.60. The number of carbonyl (C=O) groups excluding carboxylic acids is 1. The van der Waals surface area contributed by atoms with E-state index in [2.05, 4.69) is 42.0 Å². The van der Waals surface area contributed by atoms with Crippen molar-refractivity contribution in [1.29, 1.82) is 0 Å². The number of hydrogen-bond donors (Lipinski definition) is 1. The number of anilines is 1. The second-order valence-corrected chi connectivity index (χ2v) is 6.95. The fraction of sp³-hybridized carbons (Fsp3) is 0.278. The van der Waals surface area contributed by atoms with E-state index in [0.717, 1.165) is 10.0 Å². The van der Waals surface area contributed by atoms with Crippen LogP contribution in [0.5, 0.6) is 5.75 Å². The van der Waals surface area contributed by atoms with Crippen LogP contribution in [0, 0.1) is 0 Å². The van der Waals surface area contributed by atoms with Gasteiger partial charge in [-0.3, -0.25) is 4.79 Å². The third kappa shape index (κ3) is 3.69. The SMILES string of the molecule is COc1ccc(C(C)(C)C)cc1NC(=O)c1ccccc1Br. The van der Waals surface area contributed by atoms with Crippen LogP contribution in [0.25, 0.3) is 0 Å². The maximum Gasteiger partial charge on any atom is 0.256 e. The van der Waals surface area contributed by atoms with Gasteiger partial charge in [0.15, 0.2) is 0 Å². The van der Waals surface area contributed by atoms with Crippen molar-refractivity contribution in [3.05, 3.63) is 58.1 Å². The van der Waals surface area contributed by atoms with E-state index in [0.29, 0.717) is 17.0 Å². The van der Waals surface area contributed by atoms with Crippen LogP contribution in [0.2, 0.25) is 0 Å². The third-order valence-electron chi connectivity index (χ3n) is 3.43. The minimum absolute atomic E-state index is 0.000913. The van der Waals surface area contributed by atoms with Crippen LogP contribution in [0.1, 0.15) is 36.7 Å². The van der Waals surface area contributed by atoms with Gasteiger partial charge in [0, 0.05) is 4.47 Å². The molecule has 0 unspecified atom stereocenters. The minimum Gasteiger partial charge on any atom is -0.495 e.